The molecule has 0 aromatic carbocycles. The second-order valence-electron chi connectivity index (χ2n) is 9.46. The fourth-order valence-corrected chi connectivity index (χ4v) is 7.11. The Bertz CT molecular complexity index is 1690. The number of H-pyrrole nitrogens is 1. The number of aromatic nitrogens is 4. The number of nitrogens with one attached hydrogen (secondary N) is 3. The fourth-order valence-electron chi connectivity index (χ4n) is 4.41. The highest BCUT2D eigenvalue weighted by Crippen LogP contribution is 2.61. The molecule has 0 saturated carbocycles. The number of nitrogen functional groups attached to an aromatic ring is 2. The summed E-state index contributed by atoms with van der Waals surface area (Å²) in [6.07, 6.45) is -7.29. The molecular formula is C19H26N8O13P2S2. The first-order chi connectivity index (χ1) is 20.5. The van der Waals surface area contributed by atoms with E-state index in [1.54, 1.807) is 0 Å². The predicted molar refractivity (Wildman–Crippen MR) is 155 cm³/mol. The van der Waals surface area contributed by atoms with Crippen LogP contribution in [0.5, 0.6) is 0 Å². The molecule has 9 unspecified atom stereocenters. The van der Waals surface area contributed by atoms with Gasteiger partial charge in [0.05, 0.1) is 13.2 Å². The minimum atomic E-state index is -5.36. The largest absolute Gasteiger partial charge is 0.481 e. The molecule has 1 saturated heterocycles. The Morgan fingerprint density at radius 3 is 2.36 bits per heavy atom. The zero-order chi connectivity index (χ0) is 32.1. The van der Waals surface area contributed by atoms with E-state index in [2.05, 4.69) is 59.7 Å². The molecule has 2 aromatic rings. The number of anilines is 4. The number of nitrogens with zero attached hydrogens (tertiary/aromatic N) is 3. The molecule has 9 atom stereocenters. The van der Waals surface area contributed by atoms with E-state index in [9.17, 15) is 38.7 Å². The average molecular weight is 701 g/mol. The molecule has 2 aromatic heterocycles. The van der Waals surface area contributed by atoms with Gasteiger partial charge in [0.1, 0.15) is 42.0 Å². The molecule has 1 fully saturated rings. The van der Waals surface area contributed by atoms with Crippen molar-refractivity contribution >= 4 is 64.2 Å². The highest BCUT2D eigenvalue weighted by Gasteiger charge is 2.46. The summed E-state index contributed by atoms with van der Waals surface area (Å²) in [4.78, 5) is 54.6. The molecule has 0 amide bonds. The van der Waals surface area contributed by atoms with Gasteiger partial charge in [-0.3, -0.25) is 23.4 Å². The molecule has 25 heteroatoms. The number of aliphatic hydroxyl groups is 2. The number of phosphoric ester groups is 2. The Morgan fingerprint density at radius 1 is 1.00 bits per heavy atom. The van der Waals surface area contributed by atoms with Crippen molar-refractivity contribution in [1.29, 1.82) is 0 Å². The number of ether oxygens (including phenoxy) is 2. The van der Waals surface area contributed by atoms with Crippen molar-refractivity contribution in [1.82, 2.24) is 19.5 Å². The van der Waals surface area contributed by atoms with Gasteiger partial charge >= 0.3 is 21.3 Å². The lowest BCUT2D eigenvalue weighted by molar-refractivity contribution is -0.0544. The van der Waals surface area contributed by atoms with Gasteiger partial charge in [0.25, 0.3) is 5.56 Å². The lowest BCUT2D eigenvalue weighted by Crippen LogP contribution is -2.52. The first-order valence-electron chi connectivity index (χ1n) is 12.3. The smallest absolute Gasteiger partial charge is 0.387 e. The minimum Gasteiger partial charge on any atom is -0.387 e. The first-order valence-corrected chi connectivity index (χ1v) is 16.2. The molecule has 11 N–H and O–H groups in total. The molecule has 242 valence electrons. The molecule has 21 nitrogen and oxygen atoms in total. The third kappa shape index (κ3) is 6.84. The Hall–Kier alpha value is -2.50. The summed E-state index contributed by atoms with van der Waals surface area (Å²) < 4.78 is 50.8. The summed E-state index contributed by atoms with van der Waals surface area (Å²) in [5, 5.41) is 26.3. The zero-order valence-electron chi connectivity index (χ0n) is 21.9. The van der Waals surface area contributed by atoms with Crippen LogP contribution in [-0.4, -0.2) is 89.4 Å². The van der Waals surface area contributed by atoms with E-state index < -0.39 is 83.0 Å². The molecule has 5 rings (SSSR count). The summed E-state index contributed by atoms with van der Waals surface area (Å²) in [5.41, 5.74) is 9.61. The maximum atomic E-state index is 12.5. The van der Waals surface area contributed by atoms with E-state index in [1.807, 2.05) is 0 Å². The molecule has 44 heavy (non-hydrogen) atoms. The molecule has 3 aliphatic heterocycles. The summed E-state index contributed by atoms with van der Waals surface area (Å²) in [6.45, 7) is -1.66. The van der Waals surface area contributed by atoms with Crippen molar-refractivity contribution < 1.29 is 52.0 Å². The van der Waals surface area contributed by atoms with Crippen LogP contribution in [0, 0.1) is 0 Å². The lowest BCUT2D eigenvalue weighted by Gasteiger charge is -2.41. The normalized spacial score (nSPS) is 30.8. The van der Waals surface area contributed by atoms with Crippen molar-refractivity contribution in [3.63, 3.8) is 0 Å². The second kappa shape index (κ2) is 12.4. The van der Waals surface area contributed by atoms with Crippen LogP contribution in [0.3, 0.4) is 0 Å². The van der Waals surface area contributed by atoms with Gasteiger partial charge in [0.15, 0.2) is 18.3 Å². The SMILES string of the molecule is Nc1ccn(C2OC(COP(=O)(O)OP(=O)(O)OCC3OC4Nc5nc(N)[nH]c(=O)c5NC4C(S)=C3S)C(O)C2O)c(=O)n1. The highest BCUT2D eigenvalue weighted by atomic mass is 32.1. The van der Waals surface area contributed by atoms with Crippen LogP contribution in [0.1, 0.15) is 6.23 Å². The highest BCUT2D eigenvalue weighted by molar-refractivity contribution is 7.88. The van der Waals surface area contributed by atoms with Gasteiger partial charge < -0.3 is 51.6 Å². The van der Waals surface area contributed by atoms with Gasteiger partial charge in [-0.05, 0) is 6.07 Å². The maximum absolute atomic E-state index is 12.5. The standard InChI is InChI=1S/C19H26N8O13P2S2/c20-7-1-2-27(19(31)22-7)17-11(29)10(28)5(39-17)3-36-41(32,33)40-42(34,35)37-4-6-12(43)13(44)8-16(38-6)24-14-9(23-8)15(30)26-18(21)25-14/h1-2,5-6,8,10-11,16-17,23,28-29,43-44H,3-4H2,(H,32,33)(H,34,35)(H2,20,22,31)(H4,21,24,25,26,30). The van der Waals surface area contributed by atoms with Gasteiger partial charge in [-0.1, -0.05) is 0 Å². The summed E-state index contributed by atoms with van der Waals surface area (Å²) >= 11 is 8.72. The van der Waals surface area contributed by atoms with Crippen LogP contribution < -0.4 is 33.3 Å². The van der Waals surface area contributed by atoms with E-state index in [1.165, 1.54) is 6.07 Å². The van der Waals surface area contributed by atoms with Crippen LogP contribution in [0.25, 0.3) is 0 Å². The number of aromatic amines is 1. The van der Waals surface area contributed by atoms with Gasteiger partial charge in [-0.2, -0.15) is 14.3 Å². The molecule has 0 radical (unpaired) electrons. The number of rotatable bonds is 9. The van der Waals surface area contributed by atoms with E-state index in [0.717, 1.165) is 10.8 Å². The van der Waals surface area contributed by atoms with Gasteiger partial charge in [-0.25, -0.2) is 13.9 Å². The first kappa shape index (κ1) is 32.9. The van der Waals surface area contributed by atoms with E-state index in [-0.39, 0.29) is 33.1 Å². The van der Waals surface area contributed by atoms with Gasteiger partial charge in [-0.15, -0.1) is 25.3 Å². The minimum absolute atomic E-state index is 0.0649. The Kier molecular flexibility index (Phi) is 9.24. The van der Waals surface area contributed by atoms with Crippen molar-refractivity contribution in [2.75, 3.05) is 35.3 Å². The maximum Gasteiger partial charge on any atom is 0.481 e. The Balaban J connectivity index is 1.18. The van der Waals surface area contributed by atoms with Crippen LogP contribution in [0.4, 0.5) is 23.3 Å². The monoisotopic (exact) mass is 700 g/mol. The number of fused-ring (bicyclic) bond motifs is 2. The number of hydrogen-bond donors (Lipinski definition) is 11. The lowest BCUT2D eigenvalue weighted by atomic mass is 10.1. The summed E-state index contributed by atoms with van der Waals surface area (Å²) in [5.74, 6) is -0.200. The third-order valence-corrected chi connectivity index (χ3v) is 10.3. The van der Waals surface area contributed by atoms with Crippen molar-refractivity contribution in [3.8, 4) is 0 Å². The van der Waals surface area contributed by atoms with E-state index in [4.69, 9.17) is 25.5 Å². The topological polar surface area (TPSA) is 318 Å². The third-order valence-electron chi connectivity index (χ3n) is 6.45. The number of nitrogens with two attached hydrogens (primary N) is 2. The fraction of sp³-hybridized carbons (Fsp3) is 0.474. The Morgan fingerprint density at radius 2 is 1.68 bits per heavy atom. The zero-order valence-corrected chi connectivity index (χ0v) is 25.4. The molecule has 0 aliphatic carbocycles. The molecule has 3 aliphatic rings. The molecular weight excluding hydrogens is 674 g/mol. The number of thiol groups is 2. The van der Waals surface area contributed by atoms with Crippen molar-refractivity contribution in [2.24, 2.45) is 0 Å². The molecule has 0 bridgehead atoms. The van der Waals surface area contributed by atoms with Crippen LogP contribution in [0.2, 0.25) is 0 Å². The number of phosphoric acid groups is 2. The Labute approximate surface area is 256 Å². The van der Waals surface area contributed by atoms with Gasteiger partial charge in [0.2, 0.25) is 5.95 Å². The molecule has 0 spiro atoms. The number of hydrogen-bond acceptors (Lipinski definition) is 19. The predicted octanol–water partition coefficient (Wildman–Crippen LogP) is -1.94. The van der Waals surface area contributed by atoms with Crippen LogP contribution in [0.15, 0.2) is 31.7 Å². The number of aliphatic hydroxyl groups excluding tert-OH is 2. The summed E-state index contributed by atoms with van der Waals surface area (Å²) in [6, 6.07) is 0.505. The van der Waals surface area contributed by atoms with E-state index in [0.29, 0.717) is 0 Å². The van der Waals surface area contributed by atoms with Crippen molar-refractivity contribution in [3.05, 3.63) is 42.9 Å². The quantitative estimate of drug-likeness (QED) is 0.100. The van der Waals surface area contributed by atoms with Crippen molar-refractivity contribution in [2.45, 2.75) is 42.9 Å². The molecule has 5 heterocycles. The second-order valence-corrected chi connectivity index (χ2v) is 13.5. The summed E-state index contributed by atoms with van der Waals surface area (Å²) in [7, 11) is -10.7. The van der Waals surface area contributed by atoms with Crippen LogP contribution >= 0.6 is 40.9 Å². The van der Waals surface area contributed by atoms with Gasteiger partial charge in [0, 0.05) is 16.0 Å². The van der Waals surface area contributed by atoms with E-state index >= 15 is 0 Å². The van der Waals surface area contributed by atoms with Crippen LogP contribution in [-0.2, 0) is 32.0 Å². The average Bonchev–Trinajstić information content (AvgIpc) is 3.20.